The van der Waals surface area contributed by atoms with Crippen LogP contribution >= 0.6 is 0 Å². The van der Waals surface area contributed by atoms with Gasteiger partial charge in [-0.2, -0.15) is 0 Å². The summed E-state index contributed by atoms with van der Waals surface area (Å²) >= 11 is 0. The smallest absolute Gasteiger partial charge is 0.203 e. The quantitative estimate of drug-likeness (QED) is 0.0446. The van der Waals surface area contributed by atoms with Crippen LogP contribution in [-0.2, 0) is 0 Å². The third-order valence-electron chi connectivity index (χ3n) is 8.69. The number of hydrogen-bond donors (Lipinski definition) is 0. The zero-order valence-corrected chi connectivity index (χ0v) is 27.0. The highest BCUT2D eigenvalue weighted by molar-refractivity contribution is 4.53. The fourth-order valence-electron chi connectivity index (χ4n) is 5.97. The third-order valence-corrected chi connectivity index (χ3v) is 8.69. The molecule has 0 atom stereocenters. The van der Waals surface area contributed by atoms with E-state index >= 15 is 0 Å². The topological polar surface area (TPSA) is 43.1 Å². The third kappa shape index (κ3) is 37.4. The van der Waals surface area contributed by atoms with E-state index < -0.39 is 0 Å². The number of nitrogens with zero attached hydrogens (tertiary/aromatic N) is 1. The van der Waals surface area contributed by atoms with Gasteiger partial charge in [0.15, 0.2) is 0 Å². The van der Waals surface area contributed by atoms with E-state index in [9.17, 15) is 10.1 Å². The van der Waals surface area contributed by atoms with Crippen LogP contribution < -0.4 is 0 Å². The van der Waals surface area contributed by atoms with Crippen molar-refractivity contribution < 1.29 is 4.92 Å². The van der Waals surface area contributed by atoms with Crippen LogP contribution in [0.1, 0.15) is 225 Å². The van der Waals surface area contributed by atoms with Gasteiger partial charge < -0.3 is 0 Å². The summed E-state index contributed by atoms with van der Waals surface area (Å²) in [6, 6.07) is 0. The molecular weight excluding hydrogens is 478 g/mol. The van der Waals surface area contributed by atoms with E-state index in [0.29, 0.717) is 0 Å². The van der Waals surface area contributed by atoms with E-state index in [1.54, 1.807) is 0 Å². The summed E-state index contributed by atoms with van der Waals surface area (Å²) in [5.74, 6) is 0. The SMILES string of the molecule is CCCCCCCCCCCCCCCCCCCCCCCCCCCCCCCCCCCC[N+](=O)[O-]. The van der Waals surface area contributed by atoms with Crippen molar-refractivity contribution in [2.24, 2.45) is 0 Å². The Labute approximate surface area is 246 Å². The Balaban J connectivity index is 3.02. The largest absolute Gasteiger partial charge is 0.265 e. The maximum atomic E-state index is 10.3. The van der Waals surface area contributed by atoms with Gasteiger partial charge in [0, 0.05) is 11.3 Å². The molecule has 3 heteroatoms. The summed E-state index contributed by atoms with van der Waals surface area (Å²) < 4.78 is 0. The molecule has 0 aliphatic rings. The summed E-state index contributed by atoms with van der Waals surface area (Å²) in [5, 5.41) is 10.3. The molecule has 0 aromatic rings. The van der Waals surface area contributed by atoms with Crippen LogP contribution in [0.3, 0.4) is 0 Å². The lowest BCUT2D eigenvalue weighted by atomic mass is 10.0. The van der Waals surface area contributed by atoms with Gasteiger partial charge in [-0.1, -0.05) is 212 Å². The van der Waals surface area contributed by atoms with Gasteiger partial charge in [-0.05, 0) is 6.42 Å². The molecule has 0 unspecified atom stereocenters. The van der Waals surface area contributed by atoms with E-state index in [0.717, 1.165) is 12.8 Å². The maximum Gasteiger partial charge on any atom is 0.203 e. The van der Waals surface area contributed by atoms with Crippen molar-refractivity contribution in [1.82, 2.24) is 0 Å². The standard InChI is InChI=1S/C36H73NO2/c1-2-3-4-5-6-7-8-9-10-11-12-13-14-15-16-17-18-19-20-21-22-23-24-25-26-27-28-29-30-31-32-33-34-35-36-37(38)39/h2-36H2,1H3. The van der Waals surface area contributed by atoms with Gasteiger partial charge in [-0.15, -0.1) is 0 Å². The van der Waals surface area contributed by atoms with E-state index in [-0.39, 0.29) is 11.5 Å². The number of nitro groups is 1. The first-order chi connectivity index (χ1) is 19.3. The van der Waals surface area contributed by atoms with Gasteiger partial charge in [-0.25, -0.2) is 0 Å². The monoisotopic (exact) mass is 552 g/mol. The Kier molecular flexibility index (Phi) is 34.9. The summed E-state index contributed by atoms with van der Waals surface area (Å²) in [6.07, 6.45) is 47.7. The lowest BCUT2D eigenvalue weighted by Gasteiger charge is -2.05. The molecule has 0 aliphatic heterocycles. The zero-order chi connectivity index (χ0) is 28.3. The summed E-state index contributed by atoms with van der Waals surface area (Å²) in [5.41, 5.74) is 0. The van der Waals surface area contributed by atoms with Crippen molar-refractivity contribution >= 4 is 0 Å². The maximum absolute atomic E-state index is 10.3. The molecule has 0 aromatic carbocycles. The molecule has 39 heavy (non-hydrogen) atoms. The molecule has 0 heterocycles. The van der Waals surface area contributed by atoms with E-state index in [4.69, 9.17) is 0 Å². The minimum absolute atomic E-state index is 0.152. The second-order valence-corrected chi connectivity index (χ2v) is 12.7. The molecule has 234 valence electrons. The van der Waals surface area contributed by atoms with E-state index in [2.05, 4.69) is 6.92 Å². The van der Waals surface area contributed by atoms with Gasteiger partial charge in [0.25, 0.3) is 0 Å². The molecule has 0 N–H and O–H groups in total. The molecule has 0 bridgehead atoms. The number of unbranched alkanes of at least 4 members (excludes halogenated alkanes) is 33. The van der Waals surface area contributed by atoms with Gasteiger partial charge in [0.2, 0.25) is 6.54 Å². The van der Waals surface area contributed by atoms with Gasteiger partial charge in [0.05, 0.1) is 0 Å². The highest BCUT2D eigenvalue weighted by atomic mass is 16.6. The second-order valence-electron chi connectivity index (χ2n) is 12.7. The normalized spacial score (nSPS) is 11.4. The molecule has 0 saturated heterocycles. The zero-order valence-electron chi connectivity index (χ0n) is 27.0. The van der Waals surface area contributed by atoms with Crippen LogP contribution in [0.5, 0.6) is 0 Å². The van der Waals surface area contributed by atoms with Crippen molar-refractivity contribution in [3.8, 4) is 0 Å². The Morgan fingerprint density at radius 2 is 0.462 bits per heavy atom. The van der Waals surface area contributed by atoms with Crippen LogP contribution in [0.15, 0.2) is 0 Å². The first-order valence-electron chi connectivity index (χ1n) is 18.4. The van der Waals surface area contributed by atoms with E-state index in [1.165, 1.54) is 205 Å². The Bertz CT molecular complexity index is 453. The minimum Gasteiger partial charge on any atom is -0.265 e. The van der Waals surface area contributed by atoms with Crippen LogP contribution in [0.2, 0.25) is 0 Å². The molecule has 0 saturated carbocycles. The van der Waals surface area contributed by atoms with Crippen molar-refractivity contribution in [2.75, 3.05) is 6.54 Å². The van der Waals surface area contributed by atoms with E-state index in [1.807, 2.05) is 0 Å². The molecule has 0 fully saturated rings. The fraction of sp³-hybridized carbons (Fsp3) is 1.00. The second kappa shape index (κ2) is 35.4. The molecule has 0 aromatic heterocycles. The van der Waals surface area contributed by atoms with Crippen LogP contribution in [0.25, 0.3) is 0 Å². The molecule has 0 aliphatic carbocycles. The van der Waals surface area contributed by atoms with Gasteiger partial charge in [-0.3, -0.25) is 10.1 Å². The Hall–Kier alpha value is -0.600. The van der Waals surface area contributed by atoms with Crippen molar-refractivity contribution in [3.63, 3.8) is 0 Å². The highest BCUT2D eigenvalue weighted by Gasteiger charge is 1.98. The molecule has 0 radical (unpaired) electrons. The Morgan fingerprint density at radius 1 is 0.308 bits per heavy atom. The predicted molar refractivity (Wildman–Crippen MR) is 175 cm³/mol. The predicted octanol–water partition coefficient (Wildman–Crippen LogP) is 13.5. The lowest BCUT2D eigenvalue weighted by Crippen LogP contribution is -1.99. The average Bonchev–Trinajstić information content (AvgIpc) is 2.93. The molecular formula is C36H73NO2. The lowest BCUT2D eigenvalue weighted by molar-refractivity contribution is -0.480. The Morgan fingerprint density at radius 3 is 0.615 bits per heavy atom. The van der Waals surface area contributed by atoms with Crippen molar-refractivity contribution in [2.45, 2.75) is 225 Å². The van der Waals surface area contributed by atoms with Crippen molar-refractivity contribution in [3.05, 3.63) is 10.1 Å². The first-order valence-corrected chi connectivity index (χ1v) is 18.4. The summed E-state index contributed by atoms with van der Waals surface area (Å²) in [6.45, 7) is 2.45. The molecule has 0 amide bonds. The van der Waals surface area contributed by atoms with Gasteiger partial charge in [0.1, 0.15) is 0 Å². The number of rotatable bonds is 35. The van der Waals surface area contributed by atoms with Crippen molar-refractivity contribution in [1.29, 1.82) is 0 Å². The average molecular weight is 552 g/mol. The molecule has 0 rings (SSSR count). The highest BCUT2D eigenvalue weighted by Crippen LogP contribution is 2.17. The summed E-state index contributed by atoms with van der Waals surface area (Å²) in [7, 11) is 0. The van der Waals surface area contributed by atoms with Crippen LogP contribution in [-0.4, -0.2) is 11.5 Å². The van der Waals surface area contributed by atoms with Crippen LogP contribution in [0, 0.1) is 10.1 Å². The number of hydrogen-bond acceptors (Lipinski definition) is 2. The molecule has 0 spiro atoms. The van der Waals surface area contributed by atoms with Gasteiger partial charge >= 0.3 is 0 Å². The minimum atomic E-state index is -0.191. The fourth-order valence-corrected chi connectivity index (χ4v) is 5.97. The molecule has 3 nitrogen and oxygen atoms in total. The van der Waals surface area contributed by atoms with Crippen LogP contribution in [0.4, 0.5) is 0 Å². The summed E-state index contributed by atoms with van der Waals surface area (Å²) in [4.78, 5) is 10.1. The first kappa shape index (κ1) is 38.4.